The Morgan fingerprint density at radius 1 is 1.05 bits per heavy atom. The number of nitrogens with zero attached hydrogens (tertiary/aromatic N) is 1. The molecule has 0 amide bonds. The maximum atomic E-state index is 11.7. The summed E-state index contributed by atoms with van der Waals surface area (Å²) < 4.78 is 5.21. The lowest BCUT2D eigenvalue weighted by molar-refractivity contribution is 0.0497. The molecule has 0 heterocycles. The zero-order valence-electron chi connectivity index (χ0n) is 12.2. The number of ether oxygens (including phenoxy) is 1. The van der Waals surface area contributed by atoms with E-state index in [1.807, 2.05) is 6.07 Å². The molecule has 0 fully saturated rings. The zero-order valence-corrected chi connectivity index (χ0v) is 12.2. The van der Waals surface area contributed by atoms with E-state index in [0.717, 1.165) is 12.8 Å². The van der Waals surface area contributed by atoms with Gasteiger partial charge in [-0.2, -0.15) is 5.26 Å². The van der Waals surface area contributed by atoms with Gasteiger partial charge in [0.25, 0.3) is 0 Å². The van der Waals surface area contributed by atoms with E-state index in [9.17, 15) is 4.79 Å². The van der Waals surface area contributed by atoms with Crippen molar-refractivity contribution in [3.63, 3.8) is 0 Å². The molecule has 3 heteroatoms. The first-order valence-corrected chi connectivity index (χ1v) is 7.45. The number of esters is 1. The van der Waals surface area contributed by atoms with Gasteiger partial charge in [-0.05, 0) is 30.7 Å². The summed E-state index contributed by atoms with van der Waals surface area (Å²) in [5.74, 6) is -0.305. The lowest BCUT2D eigenvalue weighted by Gasteiger charge is -2.05. The molecule has 0 bridgehead atoms. The molecular weight excluding hydrogens is 250 g/mol. The molecule has 0 aliphatic heterocycles. The second kappa shape index (κ2) is 10.0. The Bertz CT molecular complexity index is 431. The summed E-state index contributed by atoms with van der Waals surface area (Å²) in [4.78, 5) is 11.7. The molecule has 3 nitrogen and oxygen atoms in total. The first-order valence-electron chi connectivity index (χ1n) is 7.45. The Balaban J connectivity index is 2.12. The Morgan fingerprint density at radius 2 is 1.65 bits per heavy atom. The topological polar surface area (TPSA) is 50.1 Å². The molecule has 108 valence electrons. The van der Waals surface area contributed by atoms with Crippen LogP contribution in [0.15, 0.2) is 24.3 Å². The summed E-state index contributed by atoms with van der Waals surface area (Å²) in [6.45, 7) is 2.69. The zero-order chi connectivity index (χ0) is 14.6. The Kier molecular flexibility index (Phi) is 8.14. The van der Waals surface area contributed by atoms with E-state index in [4.69, 9.17) is 10.00 Å². The van der Waals surface area contributed by atoms with Crippen LogP contribution in [0.1, 0.15) is 67.8 Å². The van der Waals surface area contributed by atoms with Crippen molar-refractivity contribution in [3.8, 4) is 6.07 Å². The number of unbranched alkanes of at least 4 members (excludes halogenated alkanes) is 6. The van der Waals surface area contributed by atoms with E-state index >= 15 is 0 Å². The van der Waals surface area contributed by atoms with Gasteiger partial charge < -0.3 is 4.74 Å². The van der Waals surface area contributed by atoms with Crippen molar-refractivity contribution in [1.29, 1.82) is 5.26 Å². The average molecular weight is 273 g/mol. The summed E-state index contributed by atoms with van der Waals surface area (Å²) in [5, 5.41) is 8.68. The van der Waals surface area contributed by atoms with E-state index in [2.05, 4.69) is 6.92 Å². The Hall–Kier alpha value is -1.82. The van der Waals surface area contributed by atoms with Crippen LogP contribution in [0.5, 0.6) is 0 Å². The summed E-state index contributed by atoms with van der Waals surface area (Å²) in [5.41, 5.74) is 1.06. The molecule has 1 rings (SSSR count). The minimum absolute atomic E-state index is 0.305. The monoisotopic (exact) mass is 273 g/mol. The van der Waals surface area contributed by atoms with Crippen molar-refractivity contribution in [1.82, 2.24) is 0 Å². The van der Waals surface area contributed by atoms with Gasteiger partial charge >= 0.3 is 5.97 Å². The first-order chi connectivity index (χ1) is 9.77. The number of carbonyl (C=O) groups is 1. The van der Waals surface area contributed by atoms with Gasteiger partial charge in [-0.3, -0.25) is 0 Å². The fourth-order valence-electron chi connectivity index (χ4n) is 1.99. The fourth-order valence-corrected chi connectivity index (χ4v) is 1.99. The standard InChI is InChI=1S/C17H23NO2/c1-2-3-4-5-6-7-8-13-20-17(19)16-11-9-15(14-18)10-12-16/h9-12H,2-8,13H2,1H3. The van der Waals surface area contributed by atoms with Crippen molar-refractivity contribution >= 4 is 5.97 Å². The minimum atomic E-state index is -0.305. The van der Waals surface area contributed by atoms with Gasteiger partial charge in [0.15, 0.2) is 0 Å². The predicted molar refractivity (Wildman–Crippen MR) is 79.4 cm³/mol. The van der Waals surface area contributed by atoms with Gasteiger partial charge in [0.05, 0.1) is 23.8 Å². The number of hydrogen-bond acceptors (Lipinski definition) is 3. The van der Waals surface area contributed by atoms with Crippen LogP contribution in [-0.4, -0.2) is 12.6 Å². The molecule has 0 aliphatic rings. The molecule has 0 aliphatic carbocycles. The smallest absolute Gasteiger partial charge is 0.338 e. The maximum Gasteiger partial charge on any atom is 0.338 e. The van der Waals surface area contributed by atoms with Crippen LogP contribution in [0.4, 0.5) is 0 Å². The third-order valence-corrected chi connectivity index (χ3v) is 3.23. The second-order valence-electron chi connectivity index (χ2n) is 4.95. The molecule has 0 saturated carbocycles. The Labute approximate surface area is 121 Å². The highest BCUT2D eigenvalue weighted by Crippen LogP contribution is 2.08. The summed E-state index contributed by atoms with van der Waals surface area (Å²) >= 11 is 0. The number of rotatable bonds is 9. The molecule has 1 aromatic carbocycles. The highest BCUT2D eigenvalue weighted by molar-refractivity contribution is 5.89. The van der Waals surface area contributed by atoms with Gasteiger partial charge in [-0.25, -0.2) is 4.79 Å². The molecular formula is C17H23NO2. The van der Waals surface area contributed by atoms with Crippen molar-refractivity contribution in [2.24, 2.45) is 0 Å². The van der Waals surface area contributed by atoms with Crippen LogP contribution < -0.4 is 0 Å². The van der Waals surface area contributed by atoms with Gasteiger partial charge in [0, 0.05) is 0 Å². The van der Waals surface area contributed by atoms with E-state index in [-0.39, 0.29) is 5.97 Å². The molecule has 0 atom stereocenters. The molecule has 0 unspecified atom stereocenters. The van der Waals surface area contributed by atoms with Crippen LogP contribution in [-0.2, 0) is 4.74 Å². The quantitative estimate of drug-likeness (QED) is 0.493. The highest BCUT2D eigenvalue weighted by Gasteiger charge is 2.06. The normalized spacial score (nSPS) is 10.0. The van der Waals surface area contributed by atoms with Crippen molar-refractivity contribution in [2.45, 2.75) is 51.9 Å². The number of nitriles is 1. The first kappa shape index (κ1) is 16.2. The summed E-state index contributed by atoms with van der Waals surface area (Å²) in [7, 11) is 0. The molecule has 0 saturated heterocycles. The van der Waals surface area contributed by atoms with E-state index in [1.54, 1.807) is 24.3 Å². The second-order valence-corrected chi connectivity index (χ2v) is 4.95. The number of benzene rings is 1. The van der Waals surface area contributed by atoms with Gasteiger partial charge in [0.2, 0.25) is 0 Å². The largest absolute Gasteiger partial charge is 0.462 e. The van der Waals surface area contributed by atoms with Crippen LogP contribution in [0.2, 0.25) is 0 Å². The van der Waals surface area contributed by atoms with Crippen molar-refractivity contribution in [3.05, 3.63) is 35.4 Å². The van der Waals surface area contributed by atoms with Crippen molar-refractivity contribution < 1.29 is 9.53 Å². The third-order valence-electron chi connectivity index (χ3n) is 3.23. The summed E-state index contributed by atoms with van der Waals surface area (Å²) in [6.07, 6.45) is 8.42. The van der Waals surface area contributed by atoms with E-state index in [0.29, 0.717) is 17.7 Å². The molecule has 20 heavy (non-hydrogen) atoms. The number of carbonyl (C=O) groups excluding carboxylic acids is 1. The van der Waals surface area contributed by atoms with Crippen LogP contribution >= 0.6 is 0 Å². The lowest BCUT2D eigenvalue weighted by atomic mass is 10.1. The molecule has 0 N–H and O–H groups in total. The fraction of sp³-hybridized carbons (Fsp3) is 0.529. The highest BCUT2D eigenvalue weighted by atomic mass is 16.5. The van der Waals surface area contributed by atoms with E-state index < -0.39 is 0 Å². The van der Waals surface area contributed by atoms with Crippen LogP contribution in [0.3, 0.4) is 0 Å². The van der Waals surface area contributed by atoms with Crippen LogP contribution in [0.25, 0.3) is 0 Å². The van der Waals surface area contributed by atoms with E-state index in [1.165, 1.54) is 32.1 Å². The average Bonchev–Trinajstić information content (AvgIpc) is 2.50. The minimum Gasteiger partial charge on any atom is -0.462 e. The molecule has 0 radical (unpaired) electrons. The lowest BCUT2D eigenvalue weighted by Crippen LogP contribution is -2.06. The SMILES string of the molecule is CCCCCCCCCOC(=O)c1ccc(C#N)cc1. The Morgan fingerprint density at radius 3 is 2.25 bits per heavy atom. The predicted octanol–water partition coefficient (Wildman–Crippen LogP) is 4.47. The number of hydrogen-bond donors (Lipinski definition) is 0. The molecule has 0 spiro atoms. The van der Waals surface area contributed by atoms with Crippen molar-refractivity contribution in [2.75, 3.05) is 6.61 Å². The molecule has 0 aromatic heterocycles. The third kappa shape index (κ3) is 6.38. The molecule has 1 aromatic rings. The van der Waals surface area contributed by atoms with Gasteiger partial charge in [-0.15, -0.1) is 0 Å². The van der Waals surface area contributed by atoms with Gasteiger partial charge in [0.1, 0.15) is 0 Å². The summed E-state index contributed by atoms with van der Waals surface area (Å²) in [6, 6.07) is 8.54. The van der Waals surface area contributed by atoms with Crippen LogP contribution in [0, 0.1) is 11.3 Å². The maximum absolute atomic E-state index is 11.7. The van der Waals surface area contributed by atoms with Gasteiger partial charge in [-0.1, -0.05) is 45.4 Å².